The van der Waals surface area contributed by atoms with Gasteiger partial charge in [0, 0.05) is 53.3 Å². The molecule has 1 N–H and O–H groups in total. The first-order chi connectivity index (χ1) is 13.7. The number of rotatable bonds is 4. The van der Waals surface area contributed by atoms with Crippen LogP contribution < -0.4 is 10.1 Å². The first kappa shape index (κ1) is 15.9. The third kappa shape index (κ3) is 2.12. The fraction of sp³-hybridized carbons (Fsp3) is 0.350. The van der Waals surface area contributed by atoms with Crippen molar-refractivity contribution in [3.05, 3.63) is 43.0 Å². The summed E-state index contributed by atoms with van der Waals surface area (Å²) in [5, 5.41) is 8.15. The summed E-state index contributed by atoms with van der Waals surface area (Å²) >= 11 is 0. The summed E-state index contributed by atoms with van der Waals surface area (Å²) in [5.74, 6) is 1.66. The molecular formula is C20H20N6O2. The molecule has 2 aliphatic rings. The molecule has 8 nitrogen and oxygen atoms in total. The van der Waals surface area contributed by atoms with Crippen LogP contribution in [0, 0.1) is 11.3 Å². The Morgan fingerprint density at radius 2 is 2.21 bits per heavy atom. The van der Waals surface area contributed by atoms with Gasteiger partial charge in [0.2, 0.25) is 11.8 Å². The van der Waals surface area contributed by atoms with Crippen molar-refractivity contribution >= 4 is 17.1 Å². The molecule has 0 aromatic carbocycles. The lowest BCUT2D eigenvalue weighted by molar-refractivity contribution is 0.147. The molecule has 0 unspecified atom stereocenters. The SMILES string of the molecule is COc1nc(N[C@H]2[C@H]3COC[C@]32C)nn2ccc(-c3ccc4nccn4c3)c12. The van der Waals surface area contributed by atoms with Crippen molar-refractivity contribution in [3.63, 3.8) is 0 Å². The number of imidazole rings is 1. The van der Waals surface area contributed by atoms with E-state index in [0.717, 1.165) is 35.5 Å². The Balaban J connectivity index is 1.41. The van der Waals surface area contributed by atoms with Gasteiger partial charge >= 0.3 is 0 Å². The zero-order chi connectivity index (χ0) is 18.9. The number of pyridine rings is 1. The van der Waals surface area contributed by atoms with Crippen LogP contribution in [-0.2, 0) is 4.74 Å². The van der Waals surface area contributed by atoms with Gasteiger partial charge < -0.3 is 19.2 Å². The third-order valence-electron chi connectivity index (χ3n) is 6.22. The van der Waals surface area contributed by atoms with E-state index in [1.807, 2.05) is 33.4 Å². The molecule has 5 heterocycles. The molecule has 8 heteroatoms. The number of fused-ring (bicyclic) bond motifs is 3. The highest BCUT2D eigenvalue weighted by atomic mass is 16.5. The molecule has 6 rings (SSSR count). The number of anilines is 1. The molecule has 28 heavy (non-hydrogen) atoms. The largest absolute Gasteiger partial charge is 0.479 e. The molecular weight excluding hydrogens is 356 g/mol. The number of ether oxygens (including phenoxy) is 2. The number of nitrogens with one attached hydrogen (secondary N) is 1. The standard InChI is InChI=1S/C20H20N6O2/c1-20-11-28-10-14(20)17(20)22-19-23-18(27-2)16-13(5-7-26(16)24-19)12-3-4-15-21-6-8-25(15)9-12/h3-9,14,17H,10-11H2,1-2H3,(H,22,24)/t14-,17+,20-/m1/s1. The maximum absolute atomic E-state index is 5.63. The average molecular weight is 376 g/mol. The second kappa shape index (κ2) is 5.45. The van der Waals surface area contributed by atoms with Gasteiger partial charge in [-0.25, -0.2) is 9.50 Å². The number of aromatic nitrogens is 5. The molecule has 3 atom stereocenters. The maximum Gasteiger partial charge on any atom is 0.244 e. The van der Waals surface area contributed by atoms with Crippen LogP contribution in [0.1, 0.15) is 6.92 Å². The van der Waals surface area contributed by atoms with Crippen molar-refractivity contribution in [2.75, 3.05) is 25.6 Å². The van der Waals surface area contributed by atoms with E-state index in [-0.39, 0.29) is 5.41 Å². The number of hydrogen-bond acceptors (Lipinski definition) is 6. The first-order valence-corrected chi connectivity index (χ1v) is 9.38. The normalized spacial score (nSPS) is 25.9. The van der Waals surface area contributed by atoms with Crippen LogP contribution in [0.15, 0.2) is 43.0 Å². The summed E-state index contributed by atoms with van der Waals surface area (Å²) in [6.07, 6.45) is 7.72. The molecule has 142 valence electrons. The highest BCUT2D eigenvalue weighted by Crippen LogP contribution is 2.57. The average Bonchev–Trinajstić information content (AvgIpc) is 3.22. The van der Waals surface area contributed by atoms with Crippen molar-refractivity contribution in [3.8, 4) is 17.0 Å². The predicted molar refractivity (Wildman–Crippen MR) is 104 cm³/mol. The molecule has 0 amide bonds. The van der Waals surface area contributed by atoms with Crippen LogP contribution in [0.4, 0.5) is 5.95 Å². The Labute approximate surface area is 161 Å². The van der Waals surface area contributed by atoms with Gasteiger partial charge in [0.05, 0.1) is 20.3 Å². The van der Waals surface area contributed by atoms with Crippen molar-refractivity contribution in [1.82, 2.24) is 24.0 Å². The van der Waals surface area contributed by atoms with Gasteiger partial charge in [0.1, 0.15) is 11.2 Å². The molecule has 0 radical (unpaired) electrons. The number of methoxy groups -OCH3 is 1. The van der Waals surface area contributed by atoms with Gasteiger partial charge in [-0.1, -0.05) is 6.92 Å². The van der Waals surface area contributed by atoms with Crippen LogP contribution in [0.25, 0.3) is 22.3 Å². The fourth-order valence-electron chi connectivity index (χ4n) is 4.46. The van der Waals surface area contributed by atoms with Crippen molar-refractivity contribution in [1.29, 1.82) is 0 Å². The Bertz CT molecular complexity index is 1210. The van der Waals surface area contributed by atoms with E-state index in [1.165, 1.54) is 0 Å². The Kier molecular flexibility index (Phi) is 3.09. The van der Waals surface area contributed by atoms with E-state index in [1.54, 1.807) is 13.3 Å². The summed E-state index contributed by atoms with van der Waals surface area (Å²) in [6, 6.07) is 6.43. The summed E-state index contributed by atoms with van der Waals surface area (Å²) in [5.41, 5.74) is 4.01. The van der Waals surface area contributed by atoms with E-state index in [2.05, 4.69) is 39.6 Å². The molecule has 1 saturated carbocycles. The smallest absolute Gasteiger partial charge is 0.244 e. The summed E-state index contributed by atoms with van der Waals surface area (Å²) in [7, 11) is 1.64. The van der Waals surface area contributed by atoms with Crippen molar-refractivity contribution in [2.24, 2.45) is 11.3 Å². The Hall–Kier alpha value is -3.13. The van der Waals surface area contributed by atoms with E-state index in [4.69, 9.17) is 9.47 Å². The number of nitrogens with zero attached hydrogens (tertiary/aromatic N) is 5. The minimum absolute atomic E-state index is 0.188. The minimum atomic E-state index is 0.188. The predicted octanol–water partition coefficient (Wildman–Crippen LogP) is 2.50. The summed E-state index contributed by atoms with van der Waals surface area (Å²) in [4.78, 5) is 8.95. The van der Waals surface area contributed by atoms with Crippen molar-refractivity contribution in [2.45, 2.75) is 13.0 Å². The molecule has 0 bridgehead atoms. The van der Waals surface area contributed by atoms with Crippen LogP contribution in [0.2, 0.25) is 0 Å². The van der Waals surface area contributed by atoms with Gasteiger partial charge in [-0.3, -0.25) is 0 Å². The quantitative estimate of drug-likeness (QED) is 0.590. The lowest BCUT2D eigenvalue weighted by atomic mass is 10.1. The first-order valence-electron chi connectivity index (χ1n) is 9.38. The minimum Gasteiger partial charge on any atom is -0.479 e. The molecule has 0 spiro atoms. The molecule has 2 fully saturated rings. The van der Waals surface area contributed by atoms with E-state index < -0.39 is 0 Å². The maximum atomic E-state index is 5.63. The molecule has 1 saturated heterocycles. The zero-order valence-corrected chi connectivity index (χ0v) is 15.7. The Morgan fingerprint density at radius 3 is 3.04 bits per heavy atom. The fourth-order valence-corrected chi connectivity index (χ4v) is 4.46. The van der Waals surface area contributed by atoms with Crippen LogP contribution in [-0.4, -0.2) is 50.3 Å². The summed E-state index contributed by atoms with van der Waals surface area (Å²) < 4.78 is 15.0. The molecule has 4 aromatic heterocycles. The van der Waals surface area contributed by atoms with E-state index in [0.29, 0.717) is 23.8 Å². The van der Waals surface area contributed by atoms with Gasteiger partial charge in [0.25, 0.3) is 0 Å². The van der Waals surface area contributed by atoms with Gasteiger partial charge in [-0.05, 0) is 18.2 Å². The molecule has 1 aliphatic heterocycles. The monoisotopic (exact) mass is 376 g/mol. The lowest BCUT2D eigenvalue weighted by Crippen LogP contribution is -2.19. The lowest BCUT2D eigenvalue weighted by Gasteiger charge is -2.13. The molecule has 4 aromatic rings. The van der Waals surface area contributed by atoms with Crippen LogP contribution >= 0.6 is 0 Å². The van der Waals surface area contributed by atoms with Crippen LogP contribution in [0.5, 0.6) is 5.88 Å². The van der Waals surface area contributed by atoms with Gasteiger partial charge in [-0.2, -0.15) is 4.98 Å². The van der Waals surface area contributed by atoms with E-state index in [9.17, 15) is 0 Å². The summed E-state index contributed by atoms with van der Waals surface area (Å²) in [6.45, 7) is 3.84. The second-order valence-electron chi connectivity index (χ2n) is 7.83. The zero-order valence-electron chi connectivity index (χ0n) is 15.7. The molecule has 1 aliphatic carbocycles. The van der Waals surface area contributed by atoms with E-state index >= 15 is 0 Å². The van der Waals surface area contributed by atoms with Crippen molar-refractivity contribution < 1.29 is 9.47 Å². The topological polar surface area (TPSA) is 78.0 Å². The Morgan fingerprint density at radius 1 is 1.29 bits per heavy atom. The van der Waals surface area contributed by atoms with Gasteiger partial charge in [-0.15, -0.1) is 5.10 Å². The third-order valence-corrected chi connectivity index (χ3v) is 6.22. The highest BCUT2D eigenvalue weighted by molar-refractivity contribution is 5.84. The van der Waals surface area contributed by atoms with Crippen LogP contribution in [0.3, 0.4) is 0 Å². The second-order valence-corrected chi connectivity index (χ2v) is 7.83. The van der Waals surface area contributed by atoms with Gasteiger partial charge in [0.15, 0.2) is 0 Å². The highest BCUT2D eigenvalue weighted by Gasteiger charge is 2.65. The number of hydrogen-bond donors (Lipinski definition) is 1.